The maximum atomic E-state index is 12.4. The third kappa shape index (κ3) is 3.81. The Morgan fingerprint density at radius 2 is 1.62 bits per heavy atom. The number of rotatable bonds is 6. The van der Waals surface area contributed by atoms with Gasteiger partial charge in [-0.25, -0.2) is 0 Å². The summed E-state index contributed by atoms with van der Waals surface area (Å²) >= 11 is 5.86. The molecule has 0 bridgehead atoms. The van der Waals surface area contributed by atoms with E-state index in [1.54, 1.807) is 0 Å². The largest absolute Gasteiger partial charge is 0.496 e. The van der Waals surface area contributed by atoms with Crippen LogP contribution in [0, 0.1) is 20.2 Å². The van der Waals surface area contributed by atoms with E-state index in [0.717, 1.165) is 19.2 Å². The quantitative estimate of drug-likeness (QED) is 0.598. The number of nitro benzene ring substituents is 2. The number of methoxy groups -OCH3 is 2. The van der Waals surface area contributed by atoms with Crippen molar-refractivity contribution < 1.29 is 24.1 Å². The highest BCUT2D eigenvalue weighted by molar-refractivity contribution is 6.31. The van der Waals surface area contributed by atoms with Gasteiger partial charge in [0.05, 0.1) is 35.3 Å². The third-order valence-electron chi connectivity index (χ3n) is 3.31. The molecule has 2 rings (SSSR count). The Morgan fingerprint density at radius 3 is 2.08 bits per heavy atom. The molecular weight excluding hydrogens is 370 g/mol. The molecule has 0 saturated heterocycles. The fraction of sp³-hybridized carbons (Fsp3) is 0.133. The van der Waals surface area contributed by atoms with Gasteiger partial charge in [0.25, 0.3) is 11.7 Å². The Hall–Kier alpha value is -3.40. The molecule has 2 aromatic rings. The number of carbonyl (C=O) groups is 1. The van der Waals surface area contributed by atoms with Gasteiger partial charge in [-0.1, -0.05) is 11.6 Å². The predicted octanol–water partition coefficient (Wildman–Crippen LogP) is 3.43. The van der Waals surface area contributed by atoms with Crippen LogP contribution in [0.3, 0.4) is 0 Å². The van der Waals surface area contributed by atoms with Crippen LogP contribution in [0.25, 0.3) is 0 Å². The minimum absolute atomic E-state index is 0.0566. The van der Waals surface area contributed by atoms with Crippen molar-refractivity contribution in [2.24, 2.45) is 0 Å². The van der Waals surface area contributed by atoms with Gasteiger partial charge in [0, 0.05) is 17.2 Å². The van der Waals surface area contributed by atoms with Gasteiger partial charge < -0.3 is 14.8 Å². The van der Waals surface area contributed by atoms with Crippen LogP contribution in [0.1, 0.15) is 10.4 Å². The highest BCUT2D eigenvalue weighted by atomic mass is 35.5. The molecule has 26 heavy (non-hydrogen) atoms. The van der Waals surface area contributed by atoms with Crippen LogP contribution in [0.15, 0.2) is 30.3 Å². The fourth-order valence-corrected chi connectivity index (χ4v) is 2.38. The van der Waals surface area contributed by atoms with E-state index < -0.39 is 32.9 Å². The van der Waals surface area contributed by atoms with Crippen LogP contribution < -0.4 is 14.8 Å². The lowest BCUT2D eigenvalue weighted by Crippen LogP contribution is -2.14. The molecule has 0 saturated carbocycles. The van der Waals surface area contributed by atoms with Crippen molar-refractivity contribution in [1.29, 1.82) is 0 Å². The van der Waals surface area contributed by atoms with Crippen LogP contribution in [0.2, 0.25) is 5.02 Å². The van der Waals surface area contributed by atoms with Crippen molar-refractivity contribution >= 4 is 34.6 Å². The highest BCUT2D eigenvalue weighted by Crippen LogP contribution is 2.39. The Morgan fingerprint density at radius 1 is 1.04 bits per heavy atom. The number of nitrogens with zero attached hydrogens (tertiary/aromatic N) is 2. The van der Waals surface area contributed by atoms with Crippen LogP contribution in [0.4, 0.5) is 17.1 Å². The molecule has 0 spiro atoms. The van der Waals surface area contributed by atoms with Gasteiger partial charge in [0.2, 0.25) is 0 Å². The Bertz CT molecular complexity index is 866. The fourth-order valence-electron chi connectivity index (χ4n) is 2.21. The number of benzene rings is 2. The normalized spacial score (nSPS) is 10.1. The maximum absolute atomic E-state index is 12.4. The Kier molecular flexibility index (Phi) is 5.58. The number of hydrogen-bond donors (Lipinski definition) is 1. The second-order valence-electron chi connectivity index (χ2n) is 4.86. The zero-order chi connectivity index (χ0) is 19.4. The van der Waals surface area contributed by atoms with Gasteiger partial charge in [-0.15, -0.1) is 0 Å². The van der Waals surface area contributed by atoms with E-state index in [9.17, 15) is 25.0 Å². The summed E-state index contributed by atoms with van der Waals surface area (Å²) in [5.41, 5.74) is -1.41. The third-order valence-corrected chi connectivity index (χ3v) is 3.55. The SMILES string of the molecule is COc1ccc(Cl)cc1C(=O)Nc1cc([N+](=O)[O-])c(OC)c([N+](=O)[O-])c1. The molecule has 10 nitrogen and oxygen atoms in total. The first kappa shape index (κ1) is 18.9. The van der Waals surface area contributed by atoms with Crippen molar-refractivity contribution in [2.75, 3.05) is 19.5 Å². The first-order valence-electron chi connectivity index (χ1n) is 6.94. The van der Waals surface area contributed by atoms with Gasteiger partial charge >= 0.3 is 11.4 Å². The molecule has 0 aliphatic rings. The number of carbonyl (C=O) groups excluding carboxylic acids is 1. The average Bonchev–Trinajstić information content (AvgIpc) is 2.60. The van der Waals surface area contributed by atoms with Gasteiger partial charge in [0.15, 0.2) is 0 Å². The number of nitro groups is 2. The second kappa shape index (κ2) is 7.66. The molecule has 0 aliphatic carbocycles. The van der Waals surface area contributed by atoms with E-state index in [0.29, 0.717) is 0 Å². The zero-order valence-electron chi connectivity index (χ0n) is 13.5. The minimum atomic E-state index is -0.846. The van der Waals surface area contributed by atoms with E-state index in [-0.39, 0.29) is 22.0 Å². The van der Waals surface area contributed by atoms with Crippen molar-refractivity contribution in [3.63, 3.8) is 0 Å². The molecule has 0 heterocycles. The summed E-state index contributed by atoms with van der Waals surface area (Å²) < 4.78 is 9.83. The summed E-state index contributed by atoms with van der Waals surface area (Å²) in [5, 5.41) is 24.9. The molecule has 0 aliphatic heterocycles. The standard InChI is InChI=1S/C15H12ClN3O7/c1-25-13-4-3-8(16)5-10(13)15(20)17-9-6-11(18(21)22)14(26-2)12(7-9)19(23)24/h3-7H,1-2H3,(H,17,20). The summed E-state index contributed by atoms with van der Waals surface area (Å²) in [6.07, 6.45) is 0. The summed E-state index contributed by atoms with van der Waals surface area (Å²) in [5.74, 6) is -1.01. The Balaban J connectivity index is 2.50. The Labute approximate surface area is 151 Å². The van der Waals surface area contributed by atoms with Crippen LogP contribution >= 0.6 is 11.6 Å². The second-order valence-corrected chi connectivity index (χ2v) is 5.30. The molecule has 1 N–H and O–H groups in total. The van der Waals surface area contributed by atoms with Crippen molar-refractivity contribution in [3.05, 3.63) is 61.1 Å². The number of halogens is 1. The molecule has 136 valence electrons. The van der Waals surface area contributed by atoms with Gasteiger partial charge in [0.1, 0.15) is 5.75 Å². The van der Waals surface area contributed by atoms with Gasteiger partial charge in [-0.3, -0.25) is 25.0 Å². The molecule has 0 fully saturated rings. The first-order chi connectivity index (χ1) is 12.3. The molecule has 0 radical (unpaired) electrons. The van der Waals surface area contributed by atoms with Crippen molar-refractivity contribution in [3.8, 4) is 11.5 Å². The summed E-state index contributed by atoms with van der Waals surface area (Å²) in [6.45, 7) is 0. The molecule has 11 heteroatoms. The van der Waals surface area contributed by atoms with E-state index in [1.165, 1.54) is 25.3 Å². The highest BCUT2D eigenvalue weighted by Gasteiger charge is 2.28. The van der Waals surface area contributed by atoms with E-state index in [1.807, 2.05) is 0 Å². The predicted molar refractivity (Wildman–Crippen MR) is 92.3 cm³/mol. The number of amides is 1. The molecule has 2 aromatic carbocycles. The van der Waals surface area contributed by atoms with Gasteiger partial charge in [-0.2, -0.15) is 0 Å². The van der Waals surface area contributed by atoms with Crippen LogP contribution in [-0.4, -0.2) is 30.0 Å². The number of ether oxygens (including phenoxy) is 2. The zero-order valence-corrected chi connectivity index (χ0v) is 14.3. The topological polar surface area (TPSA) is 134 Å². The minimum Gasteiger partial charge on any atom is -0.496 e. The maximum Gasteiger partial charge on any atom is 0.320 e. The van der Waals surface area contributed by atoms with Gasteiger partial charge in [-0.05, 0) is 18.2 Å². The molecule has 0 unspecified atom stereocenters. The average molecular weight is 382 g/mol. The molecule has 0 aromatic heterocycles. The van der Waals surface area contributed by atoms with E-state index in [2.05, 4.69) is 5.32 Å². The molecule has 0 atom stereocenters. The molecular formula is C15H12ClN3O7. The van der Waals surface area contributed by atoms with Crippen LogP contribution in [0.5, 0.6) is 11.5 Å². The molecule has 1 amide bonds. The van der Waals surface area contributed by atoms with Crippen molar-refractivity contribution in [1.82, 2.24) is 0 Å². The number of anilines is 1. The van der Waals surface area contributed by atoms with Crippen LogP contribution in [-0.2, 0) is 0 Å². The number of nitrogens with one attached hydrogen (secondary N) is 1. The smallest absolute Gasteiger partial charge is 0.320 e. The van der Waals surface area contributed by atoms with E-state index in [4.69, 9.17) is 21.1 Å². The van der Waals surface area contributed by atoms with E-state index >= 15 is 0 Å². The first-order valence-corrected chi connectivity index (χ1v) is 7.32. The number of hydrogen-bond acceptors (Lipinski definition) is 7. The lowest BCUT2D eigenvalue weighted by molar-refractivity contribution is -0.395. The monoisotopic (exact) mass is 381 g/mol. The summed E-state index contributed by atoms with van der Waals surface area (Å²) in [7, 11) is 2.42. The summed E-state index contributed by atoms with van der Waals surface area (Å²) in [6, 6.07) is 6.24. The lowest BCUT2D eigenvalue weighted by atomic mass is 10.1. The van der Waals surface area contributed by atoms with Crippen molar-refractivity contribution in [2.45, 2.75) is 0 Å². The summed E-state index contributed by atoms with van der Waals surface area (Å²) in [4.78, 5) is 33.1. The lowest BCUT2D eigenvalue weighted by Gasteiger charge is -2.11.